The third-order valence-electron chi connectivity index (χ3n) is 5.77. The van der Waals surface area contributed by atoms with E-state index in [-0.39, 0.29) is 30.7 Å². The van der Waals surface area contributed by atoms with Gasteiger partial charge in [-0.2, -0.15) is 4.98 Å². The van der Waals surface area contributed by atoms with E-state index in [1.807, 2.05) is 37.0 Å². The zero-order valence-corrected chi connectivity index (χ0v) is 21.3. The molecule has 0 atom stereocenters. The third-order valence-corrected chi connectivity index (χ3v) is 5.77. The van der Waals surface area contributed by atoms with Gasteiger partial charge in [-0.3, -0.25) is 9.59 Å². The predicted molar refractivity (Wildman–Crippen MR) is 144 cm³/mol. The van der Waals surface area contributed by atoms with Gasteiger partial charge in [-0.15, -0.1) is 0 Å². The Morgan fingerprint density at radius 1 is 1.08 bits per heavy atom. The van der Waals surface area contributed by atoms with E-state index in [1.54, 1.807) is 20.3 Å². The Morgan fingerprint density at radius 2 is 1.83 bits per heavy atom. The Bertz CT molecular complexity index is 1060. The van der Waals surface area contributed by atoms with Crippen molar-refractivity contribution in [2.75, 3.05) is 56.2 Å². The number of carbonyl (C=O) groups excluding carboxylic acids is 3. The molecule has 36 heavy (non-hydrogen) atoms. The SMILES string of the molecule is Bc1cnc(Nc2cccc(NC(=O)N3CCCC3)c2)nc1NCCCNC(=O)CCC(=O)N(C)C. The van der Waals surface area contributed by atoms with Crippen molar-refractivity contribution >= 4 is 54.3 Å². The van der Waals surface area contributed by atoms with Crippen LogP contribution in [0.5, 0.6) is 0 Å². The lowest BCUT2D eigenvalue weighted by atomic mass is 9.99. The van der Waals surface area contributed by atoms with Crippen LogP contribution in [0.25, 0.3) is 0 Å². The Balaban J connectivity index is 1.45. The highest BCUT2D eigenvalue weighted by Crippen LogP contribution is 2.19. The number of anilines is 4. The van der Waals surface area contributed by atoms with Crippen LogP contribution in [-0.2, 0) is 9.59 Å². The molecule has 1 aliphatic rings. The molecule has 0 spiro atoms. The molecule has 12 heteroatoms. The fraction of sp³-hybridized carbons (Fsp3) is 0.458. The number of urea groups is 1. The van der Waals surface area contributed by atoms with Crippen LogP contribution in [0, 0.1) is 0 Å². The summed E-state index contributed by atoms with van der Waals surface area (Å²) < 4.78 is 0. The Hall–Kier alpha value is -3.83. The first kappa shape index (κ1) is 26.8. The summed E-state index contributed by atoms with van der Waals surface area (Å²) in [6, 6.07) is 7.36. The molecular formula is C24H35BN8O3. The molecule has 1 aromatic heterocycles. The summed E-state index contributed by atoms with van der Waals surface area (Å²) in [6.07, 6.45) is 4.93. The minimum absolute atomic E-state index is 0.0611. The molecule has 4 N–H and O–H groups in total. The van der Waals surface area contributed by atoms with Crippen molar-refractivity contribution < 1.29 is 14.4 Å². The van der Waals surface area contributed by atoms with Crippen LogP contribution in [-0.4, -0.2) is 85.7 Å². The maximum atomic E-state index is 12.4. The van der Waals surface area contributed by atoms with Crippen LogP contribution in [0.2, 0.25) is 0 Å². The molecule has 3 rings (SSSR count). The molecule has 0 unspecified atom stereocenters. The molecule has 0 aliphatic carbocycles. The number of amides is 4. The van der Waals surface area contributed by atoms with Gasteiger partial charge in [0.1, 0.15) is 13.7 Å². The topological polar surface area (TPSA) is 132 Å². The zero-order chi connectivity index (χ0) is 25.9. The first-order valence-corrected chi connectivity index (χ1v) is 12.3. The summed E-state index contributed by atoms with van der Waals surface area (Å²) in [5.74, 6) is 0.946. The summed E-state index contributed by atoms with van der Waals surface area (Å²) in [6.45, 7) is 2.71. The Labute approximate surface area is 212 Å². The van der Waals surface area contributed by atoms with E-state index in [9.17, 15) is 14.4 Å². The molecule has 1 aromatic carbocycles. The average Bonchev–Trinajstić information content (AvgIpc) is 3.39. The number of hydrogen-bond donors (Lipinski definition) is 4. The van der Waals surface area contributed by atoms with Crippen molar-refractivity contribution in [3.8, 4) is 0 Å². The number of hydrogen-bond acceptors (Lipinski definition) is 7. The Morgan fingerprint density at radius 3 is 2.58 bits per heavy atom. The van der Waals surface area contributed by atoms with Crippen LogP contribution >= 0.6 is 0 Å². The van der Waals surface area contributed by atoms with E-state index in [0.29, 0.717) is 37.0 Å². The van der Waals surface area contributed by atoms with Crippen molar-refractivity contribution in [3.05, 3.63) is 30.5 Å². The standard InChI is InChI=1S/C24H35BN8O3/c1-32(2)21(35)10-9-20(34)26-11-6-12-27-22-19(25)16-28-23(31-22)29-17-7-5-8-18(15-17)30-24(36)33-13-3-4-14-33/h5,7-8,15-16H,3-4,6,9-14,25H2,1-2H3,(H,26,34)(H,30,36)(H2,27,28,29,31). The monoisotopic (exact) mass is 494 g/mol. The maximum Gasteiger partial charge on any atom is 0.321 e. The lowest BCUT2D eigenvalue weighted by Crippen LogP contribution is -2.32. The van der Waals surface area contributed by atoms with Gasteiger partial charge in [0.2, 0.25) is 17.8 Å². The number of benzene rings is 1. The van der Waals surface area contributed by atoms with E-state index in [2.05, 4.69) is 31.2 Å². The molecule has 4 amide bonds. The van der Waals surface area contributed by atoms with Gasteiger partial charge in [-0.05, 0) is 42.9 Å². The molecule has 0 radical (unpaired) electrons. The second kappa shape index (κ2) is 13.3. The van der Waals surface area contributed by atoms with E-state index < -0.39 is 0 Å². The summed E-state index contributed by atoms with van der Waals surface area (Å²) >= 11 is 0. The van der Waals surface area contributed by atoms with Gasteiger partial charge in [0, 0.05) is 70.7 Å². The van der Waals surface area contributed by atoms with Crippen LogP contribution in [0.3, 0.4) is 0 Å². The summed E-state index contributed by atoms with van der Waals surface area (Å²) in [5, 5.41) is 12.2. The van der Waals surface area contributed by atoms with Crippen molar-refractivity contribution in [2.24, 2.45) is 0 Å². The lowest BCUT2D eigenvalue weighted by Gasteiger charge is -2.16. The second-order valence-corrected chi connectivity index (χ2v) is 8.97. The van der Waals surface area contributed by atoms with E-state index in [0.717, 1.165) is 37.1 Å². The van der Waals surface area contributed by atoms with Gasteiger partial charge in [-0.1, -0.05) is 6.07 Å². The molecule has 1 saturated heterocycles. The largest absolute Gasteiger partial charge is 0.370 e. The van der Waals surface area contributed by atoms with Crippen molar-refractivity contribution in [2.45, 2.75) is 32.1 Å². The zero-order valence-electron chi connectivity index (χ0n) is 21.3. The molecule has 2 aromatic rings. The minimum Gasteiger partial charge on any atom is -0.370 e. The summed E-state index contributed by atoms with van der Waals surface area (Å²) in [5.41, 5.74) is 2.37. The van der Waals surface area contributed by atoms with E-state index in [1.165, 1.54) is 4.90 Å². The van der Waals surface area contributed by atoms with E-state index >= 15 is 0 Å². The first-order chi connectivity index (χ1) is 17.3. The van der Waals surface area contributed by atoms with E-state index in [4.69, 9.17) is 0 Å². The van der Waals surface area contributed by atoms with Gasteiger partial charge >= 0.3 is 6.03 Å². The highest BCUT2D eigenvalue weighted by atomic mass is 16.2. The smallest absolute Gasteiger partial charge is 0.321 e. The van der Waals surface area contributed by atoms with Gasteiger partial charge in [0.25, 0.3) is 0 Å². The summed E-state index contributed by atoms with van der Waals surface area (Å²) in [7, 11) is 5.27. The average molecular weight is 494 g/mol. The molecule has 192 valence electrons. The quantitative estimate of drug-likeness (QED) is 0.270. The molecule has 1 fully saturated rings. The van der Waals surface area contributed by atoms with Gasteiger partial charge < -0.3 is 31.1 Å². The number of nitrogens with one attached hydrogen (secondary N) is 4. The molecule has 0 bridgehead atoms. The molecular weight excluding hydrogens is 459 g/mol. The molecule has 11 nitrogen and oxygen atoms in total. The fourth-order valence-corrected chi connectivity index (χ4v) is 3.66. The number of carbonyl (C=O) groups is 3. The van der Waals surface area contributed by atoms with Crippen LogP contribution in [0.1, 0.15) is 32.1 Å². The fourth-order valence-electron chi connectivity index (χ4n) is 3.66. The maximum absolute atomic E-state index is 12.4. The van der Waals surface area contributed by atoms with Crippen molar-refractivity contribution in [1.29, 1.82) is 0 Å². The molecule has 0 saturated carbocycles. The number of likely N-dealkylation sites (tertiary alicyclic amines) is 1. The number of nitrogens with zero attached hydrogens (tertiary/aromatic N) is 4. The molecule has 2 heterocycles. The second-order valence-electron chi connectivity index (χ2n) is 8.97. The van der Waals surface area contributed by atoms with Crippen molar-refractivity contribution in [1.82, 2.24) is 25.1 Å². The van der Waals surface area contributed by atoms with Crippen LogP contribution in [0.15, 0.2) is 30.5 Å². The highest BCUT2D eigenvalue weighted by molar-refractivity contribution is 6.35. The Kier molecular flexibility index (Phi) is 9.90. The predicted octanol–water partition coefficient (Wildman–Crippen LogP) is 0.893. The summed E-state index contributed by atoms with van der Waals surface area (Å²) in [4.78, 5) is 48.0. The number of rotatable bonds is 11. The van der Waals surface area contributed by atoms with Gasteiger partial charge in [0.15, 0.2) is 0 Å². The van der Waals surface area contributed by atoms with Crippen LogP contribution in [0.4, 0.5) is 27.9 Å². The van der Waals surface area contributed by atoms with Gasteiger partial charge in [-0.25, -0.2) is 9.78 Å². The number of aromatic nitrogens is 2. The van der Waals surface area contributed by atoms with Gasteiger partial charge in [0.05, 0.1) is 0 Å². The third kappa shape index (κ3) is 8.44. The van der Waals surface area contributed by atoms with Crippen molar-refractivity contribution in [3.63, 3.8) is 0 Å². The highest BCUT2D eigenvalue weighted by Gasteiger charge is 2.17. The minimum atomic E-state index is -0.131. The lowest BCUT2D eigenvalue weighted by molar-refractivity contribution is -0.131. The van der Waals surface area contributed by atoms with Crippen LogP contribution < -0.4 is 26.7 Å². The first-order valence-electron chi connectivity index (χ1n) is 12.3. The molecule has 1 aliphatic heterocycles. The normalized spacial score (nSPS) is 12.7.